The molecule has 2 rings (SSSR count). The monoisotopic (exact) mass is 281 g/mol. The van der Waals surface area contributed by atoms with E-state index < -0.39 is 0 Å². The molecule has 0 aromatic heterocycles. The van der Waals surface area contributed by atoms with Gasteiger partial charge in [0.2, 0.25) is 5.75 Å². The summed E-state index contributed by atoms with van der Waals surface area (Å²) in [5, 5.41) is 13.4. The van der Waals surface area contributed by atoms with Gasteiger partial charge in [-0.3, -0.25) is 0 Å². The second kappa shape index (κ2) is 6.33. The molecule has 1 heterocycles. The van der Waals surface area contributed by atoms with Gasteiger partial charge < -0.3 is 24.6 Å². The molecule has 1 unspecified atom stereocenters. The van der Waals surface area contributed by atoms with Gasteiger partial charge in [-0.05, 0) is 37.5 Å². The zero-order chi connectivity index (χ0) is 14.6. The van der Waals surface area contributed by atoms with Gasteiger partial charge in [-0.2, -0.15) is 0 Å². The number of nitrogens with one attached hydrogen (secondary N) is 1. The van der Waals surface area contributed by atoms with Crippen LogP contribution in [0.3, 0.4) is 0 Å². The number of phenols is 1. The second-order valence-electron chi connectivity index (χ2n) is 5.42. The summed E-state index contributed by atoms with van der Waals surface area (Å²) in [6, 6.07) is 3.63. The van der Waals surface area contributed by atoms with Gasteiger partial charge in [-0.1, -0.05) is 0 Å². The van der Waals surface area contributed by atoms with Crippen molar-refractivity contribution < 1.29 is 19.3 Å². The molecule has 1 aromatic rings. The number of benzene rings is 1. The van der Waals surface area contributed by atoms with Crippen molar-refractivity contribution in [1.82, 2.24) is 5.32 Å². The molecule has 1 atom stereocenters. The Morgan fingerprint density at radius 2 is 1.95 bits per heavy atom. The quantitative estimate of drug-likeness (QED) is 0.865. The van der Waals surface area contributed by atoms with Crippen molar-refractivity contribution >= 4 is 0 Å². The Morgan fingerprint density at radius 3 is 2.45 bits per heavy atom. The molecule has 0 bridgehead atoms. The number of phenolic OH excluding ortho intramolecular Hbond substituents is 1. The van der Waals surface area contributed by atoms with Gasteiger partial charge in [0.25, 0.3) is 0 Å². The van der Waals surface area contributed by atoms with Crippen LogP contribution in [0.1, 0.15) is 25.3 Å². The molecule has 0 radical (unpaired) electrons. The van der Waals surface area contributed by atoms with Crippen LogP contribution in [0.15, 0.2) is 12.1 Å². The zero-order valence-corrected chi connectivity index (χ0v) is 12.4. The van der Waals surface area contributed by atoms with Gasteiger partial charge in [-0.25, -0.2) is 0 Å². The third-order valence-corrected chi connectivity index (χ3v) is 3.70. The fourth-order valence-corrected chi connectivity index (χ4v) is 2.44. The fourth-order valence-electron chi connectivity index (χ4n) is 2.44. The summed E-state index contributed by atoms with van der Waals surface area (Å²) in [7, 11) is 3.06. The predicted octanol–water partition coefficient (Wildman–Crippen LogP) is 2.07. The van der Waals surface area contributed by atoms with Crippen molar-refractivity contribution in [3.05, 3.63) is 17.7 Å². The van der Waals surface area contributed by atoms with E-state index in [1.54, 1.807) is 0 Å². The van der Waals surface area contributed by atoms with Gasteiger partial charge in [0.05, 0.1) is 20.8 Å². The average molecular weight is 281 g/mol. The molecule has 1 aliphatic rings. The highest BCUT2D eigenvalue weighted by molar-refractivity contribution is 5.52. The summed E-state index contributed by atoms with van der Waals surface area (Å²) in [6.45, 7) is 4.41. The van der Waals surface area contributed by atoms with Crippen LogP contribution in [0, 0.1) is 0 Å². The van der Waals surface area contributed by atoms with E-state index in [0.717, 1.165) is 31.6 Å². The Kier molecular flexibility index (Phi) is 4.73. The number of methoxy groups -OCH3 is 2. The van der Waals surface area contributed by atoms with Gasteiger partial charge >= 0.3 is 0 Å². The molecule has 1 aromatic carbocycles. The Bertz CT molecular complexity index is 430. The van der Waals surface area contributed by atoms with Crippen molar-refractivity contribution in [1.29, 1.82) is 0 Å². The molecule has 1 aliphatic heterocycles. The molecule has 5 nitrogen and oxygen atoms in total. The van der Waals surface area contributed by atoms with Crippen molar-refractivity contribution in [3.63, 3.8) is 0 Å². The standard InChI is InChI=1S/C15H23NO4/c1-15(5-4-6-20-10-15)16-9-11-7-12(18-2)14(17)13(8-11)19-3/h7-8,16-17H,4-6,9-10H2,1-3H3. The van der Waals surface area contributed by atoms with E-state index in [9.17, 15) is 5.11 Å². The molecular formula is C15H23NO4. The van der Waals surface area contributed by atoms with Gasteiger partial charge in [0, 0.05) is 18.7 Å². The van der Waals surface area contributed by atoms with E-state index in [4.69, 9.17) is 14.2 Å². The first-order valence-electron chi connectivity index (χ1n) is 6.84. The lowest BCUT2D eigenvalue weighted by molar-refractivity contribution is 0.0277. The summed E-state index contributed by atoms with van der Waals surface area (Å²) >= 11 is 0. The Labute approximate surface area is 119 Å². The van der Waals surface area contributed by atoms with Crippen molar-refractivity contribution in [3.8, 4) is 17.2 Å². The lowest BCUT2D eigenvalue weighted by atomic mass is 9.94. The van der Waals surface area contributed by atoms with Gasteiger partial charge in [0.15, 0.2) is 11.5 Å². The number of hydrogen-bond acceptors (Lipinski definition) is 5. The molecule has 5 heteroatoms. The van der Waals surface area contributed by atoms with Crippen LogP contribution in [0.4, 0.5) is 0 Å². The highest BCUT2D eigenvalue weighted by Crippen LogP contribution is 2.37. The Morgan fingerprint density at radius 1 is 1.30 bits per heavy atom. The molecule has 1 saturated heterocycles. The van der Waals surface area contributed by atoms with Crippen molar-refractivity contribution in [2.75, 3.05) is 27.4 Å². The van der Waals surface area contributed by atoms with Crippen LogP contribution in [-0.2, 0) is 11.3 Å². The van der Waals surface area contributed by atoms with Crippen LogP contribution in [-0.4, -0.2) is 38.1 Å². The third-order valence-electron chi connectivity index (χ3n) is 3.70. The zero-order valence-electron chi connectivity index (χ0n) is 12.4. The van der Waals surface area contributed by atoms with Crippen LogP contribution >= 0.6 is 0 Å². The number of ether oxygens (including phenoxy) is 3. The summed E-state index contributed by atoms with van der Waals surface area (Å²) < 4.78 is 15.9. The van der Waals surface area contributed by atoms with E-state index in [0.29, 0.717) is 18.0 Å². The minimum absolute atomic E-state index is 0.00337. The maximum atomic E-state index is 9.89. The maximum absolute atomic E-state index is 9.89. The minimum atomic E-state index is -0.00337. The molecule has 1 fully saturated rings. The summed E-state index contributed by atoms with van der Waals surface area (Å²) in [5.41, 5.74) is 1.000. The van der Waals surface area contributed by atoms with Crippen molar-refractivity contribution in [2.24, 2.45) is 0 Å². The van der Waals surface area contributed by atoms with Crippen LogP contribution < -0.4 is 14.8 Å². The van der Waals surface area contributed by atoms with E-state index >= 15 is 0 Å². The summed E-state index contributed by atoms with van der Waals surface area (Å²) in [4.78, 5) is 0. The smallest absolute Gasteiger partial charge is 0.200 e. The Hall–Kier alpha value is -1.46. The number of aromatic hydroxyl groups is 1. The molecule has 0 saturated carbocycles. The fraction of sp³-hybridized carbons (Fsp3) is 0.600. The lowest BCUT2D eigenvalue weighted by Crippen LogP contribution is -2.48. The van der Waals surface area contributed by atoms with E-state index in [-0.39, 0.29) is 11.3 Å². The van der Waals surface area contributed by atoms with E-state index in [1.165, 1.54) is 14.2 Å². The molecule has 0 amide bonds. The first-order valence-corrected chi connectivity index (χ1v) is 6.84. The Balaban J connectivity index is 2.09. The second-order valence-corrected chi connectivity index (χ2v) is 5.42. The third kappa shape index (κ3) is 3.35. The SMILES string of the molecule is COc1cc(CNC2(C)CCCOC2)cc(OC)c1O. The lowest BCUT2D eigenvalue weighted by Gasteiger charge is -2.34. The summed E-state index contributed by atoms with van der Waals surface area (Å²) in [5.74, 6) is 0.878. The molecule has 0 aliphatic carbocycles. The molecular weight excluding hydrogens is 258 g/mol. The predicted molar refractivity (Wildman–Crippen MR) is 76.5 cm³/mol. The number of hydrogen-bond donors (Lipinski definition) is 2. The molecule has 20 heavy (non-hydrogen) atoms. The summed E-state index contributed by atoms with van der Waals surface area (Å²) in [6.07, 6.45) is 2.17. The normalized spacial score (nSPS) is 22.6. The molecule has 0 spiro atoms. The van der Waals surface area contributed by atoms with Gasteiger partial charge in [-0.15, -0.1) is 0 Å². The highest BCUT2D eigenvalue weighted by Gasteiger charge is 2.26. The largest absolute Gasteiger partial charge is 0.502 e. The van der Waals surface area contributed by atoms with Crippen molar-refractivity contribution in [2.45, 2.75) is 31.8 Å². The first-order chi connectivity index (χ1) is 9.58. The highest BCUT2D eigenvalue weighted by atomic mass is 16.5. The van der Waals surface area contributed by atoms with Crippen LogP contribution in [0.25, 0.3) is 0 Å². The molecule has 2 N–H and O–H groups in total. The average Bonchev–Trinajstić information content (AvgIpc) is 2.47. The minimum Gasteiger partial charge on any atom is -0.502 e. The van der Waals surface area contributed by atoms with Crippen LogP contribution in [0.5, 0.6) is 17.2 Å². The maximum Gasteiger partial charge on any atom is 0.200 e. The van der Waals surface area contributed by atoms with Crippen LogP contribution in [0.2, 0.25) is 0 Å². The van der Waals surface area contributed by atoms with Gasteiger partial charge in [0.1, 0.15) is 0 Å². The number of rotatable bonds is 5. The molecule has 112 valence electrons. The first kappa shape index (κ1) is 14.9. The topological polar surface area (TPSA) is 60.0 Å². The van der Waals surface area contributed by atoms with E-state index in [2.05, 4.69) is 12.2 Å². The van der Waals surface area contributed by atoms with E-state index in [1.807, 2.05) is 12.1 Å².